The molecule has 0 bridgehead atoms. The highest BCUT2D eigenvalue weighted by molar-refractivity contribution is 7.89. The van der Waals surface area contributed by atoms with Crippen molar-refractivity contribution in [3.63, 3.8) is 0 Å². The third-order valence-corrected chi connectivity index (χ3v) is 6.23. The predicted octanol–water partition coefficient (Wildman–Crippen LogP) is 3.66. The van der Waals surface area contributed by atoms with Crippen LogP contribution < -0.4 is 15.8 Å². The Kier molecular flexibility index (Phi) is 5.39. The molecule has 2 heterocycles. The van der Waals surface area contributed by atoms with Gasteiger partial charge in [-0.05, 0) is 66.9 Å². The number of halogens is 1. The summed E-state index contributed by atoms with van der Waals surface area (Å²) < 4.78 is 36.1. The molecule has 0 amide bonds. The first kappa shape index (κ1) is 21.2. The fourth-order valence-corrected chi connectivity index (χ4v) is 3.89. The molecule has 5 rings (SSSR count). The first-order chi connectivity index (χ1) is 15.8. The van der Waals surface area contributed by atoms with Gasteiger partial charge in [-0.15, -0.1) is 0 Å². The summed E-state index contributed by atoms with van der Waals surface area (Å²) in [5, 5.41) is 11.7. The zero-order valence-corrected chi connectivity index (χ0v) is 18.3. The summed E-state index contributed by atoms with van der Waals surface area (Å²) in [6, 6.07) is 16.6. The monoisotopic (exact) mass is 464 g/mol. The first-order valence-electron chi connectivity index (χ1n) is 10.4. The van der Waals surface area contributed by atoms with Crippen LogP contribution in [0.15, 0.2) is 65.6 Å². The lowest BCUT2D eigenvalue weighted by Gasteiger charge is -2.12. The summed E-state index contributed by atoms with van der Waals surface area (Å²) >= 11 is 0. The zero-order valence-electron chi connectivity index (χ0n) is 17.5. The number of nitrogens with zero attached hydrogens (tertiary/aromatic N) is 3. The molecule has 2 aromatic heterocycles. The lowest BCUT2D eigenvalue weighted by molar-refractivity contribution is 0.597. The van der Waals surface area contributed by atoms with E-state index >= 15 is 0 Å². The van der Waals surface area contributed by atoms with E-state index in [4.69, 9.17) is 10.1 Å². The van der Waals surface area contributed by atoms with E-state index in [9.17, 15) is 12.8 Å². The van der Waals surface area contributed by atoms with Gasteiger partial charge >= 0.3 is 0 Å². The standard InChI is InChI=1S/C23H21FN6O2S/c24-16-5-3-15(4-6-16)19-11-12-20-21(28-19)22(27-17-7-8-17)30-23(29-20)26-13-14-1-9-18(10-2-14)33(25,31)32/h1-6,9-12,17H,7-8,13H2,(H2,25,31,32)(H2,26,27,29,30). The van der Waals surface area contributed by atoms with Crippen molar-refractivity contribution >= 4 is 32.8 Å². The quantitative estimate of drug-likeness (QED) is 0.381. The van der Waals surface area contributed by atoms with Crippen LogP contribution in [0, 0.1) is 5.82 Å². The Balaban J connectivity index is 1.43. The Morgan fingerprint density at radius 3 is 2.33 bits per heavy atom. The van der Waals surface area contributed by atoms with Gasteiger partial charge in [0.25, 0.3) is 0 Å². The molecule has 4 aromatic rings. The minimum atomic E-state index is -3.73. The number of aromatic nitrogens is 3. The number of sulfonamides is 1. The van der Waals surface area contributed by atoms with Crippen LogP contribution in [0.5, 0.6) is 0 Å². The average molecular weight is 465 g/mol. The fourth-order valence-electron chi connectivity index (χ4n) is 3.37. The van der Waals surface area contributed by atoms with Crippen LogP contribution in [0.1, 0.15) is 18.4 Å². The lowest BCUT2D eigenvalue weighted by Crippen LogP contribution is -2.12. The van der Waals surface area contributed by atoms with Crippen molar-refractivity contribution in [2.75, 3.05) is 10.6 Å². The van der Waals surface area contributed by atoms with Gasteiger partial charge < -0.3 is 10.6 Å². The highest BCUT2D eigenvalue weighted by atomic mass is 32.2. The fraction of sp³-hybridized carbons (Fsp3) is 0.174. The normalized spacial score (nSPS) is 13.8. The van der Waals surface area contributed by atoms with E-state index in [1.807, 2.05) is 12.1 Å². The summed E-state index contributed by atoms with van der Waals surface area (Å²) in [7, 11) is -3.73. The number of pyridine rings is 1. The van der Waals surface area contributed by atoms with E-state index < -0.39 is 10.0 Å². The molecule has 0 aliphatic heterocycles. The highest BCUT2D eigenvalue weighted by Crippen LogP contribution is 2.30. The summed E-state index contributed by atoms with van der Waals surface area (Å²) in [5.41, 5.74) is 3.69. The molecule has 1 aliphatic carbocycles. The van der Waals surface area contributed by atoms with Gasteiger partial charge in [0, 0.05) is 18.2 Å². The highest BCUT2D eigenvalue weighted by Gasteiger charge is 2.23. The number of benzene rings is 2. The number of nitrogens with two attached hydrogens (primary N) is 1. The van der Waals surface area contributed by atoms with Gasteiger partial charge in [-0.2, -0.15) is 4.98 Å². The number of anilines is 2. The molecule has 1 saturated carbocycles. The van der Waals surface area contributed by atoms with Crippen LogP contribution in [-0.2, 0) is 16.6 Å². The van der Waals surface area contributed by atoms with Gasteiger partial charge in [-0.3, -0.25) is 0 Å². The Bertz CT molecular complexity index is 1420. The van der Waals surface area contributed by atoms with E-state index in [1.165, 1.54) is 24.3 Å². The second-order valence-electron chi connectivity index (χ2n) is 7.93. The average Bonchev–Trinajstić information content (AvgIpc) is 3.62. The maximum absolute atomic E-state index is 13.3. The van der Waals surface area contributed by atoms with Crippen molar-refractivity contribution in [1.29, 1.82) is 0 Å². The molecule has 4 N–H and O–H groups in total. The number of nitrogens with one attached hydrogen (secondary N) is 2. The van der Waals surface area contributed by atoms with Crippen LogP contribution in [0.2, 0.25) is 0 Å². The van der Waals surface area contributed by atoms with Gasteiger partial charge in [0.1, 0.15) is 11.3 Å². The summed E-state index contributed by atoms with van der Waals surface area (Å²) in [6.45, 7) is 0.403. The van der Waals surface area contributed by atoms with E-state index in [0.717, 1.165) is 24.0 Å². The van der Waals surface area contributed by atoms with Crippen molar-refractivity contribution < 1.29 is 12.8 Å². The molecule has 2 aromatic carbocycles. The first-order valence-corrected chi connectivity index (χ1v) is 12.0. The second kappa shape index (κ2) is 8.38. The lowest BCUT2D eigenvalue weighted by atomic mass is 10.1. The van der Waals surface area contributed by atoms with Crippen molar-refractivity contribution in [1.82, 2.24) is 15.0 Å². The number of hydrogen-bond donors (Lipinski definition) is 3. The second-order valence-corrected chi connectivity index (χ2v) is 9.49. The van der Waals surface area contributed by atoms with E-state index in [2.05, 4.69) is 20.6 Å². The molecular formula is C23H21FN6O2S. The Morgan fingerprint density at radius 1 is 0.939 bits per heavy atom. The number of fused-ring (bicyclic) bond motifs is 1. The van der Waals surface area contributed by atoms with Crippen LogP contribution in [-0.4, -0.2) is 29.4 Å². The van der Waals surface area contributed by atoms with Crippen LogP contribution in [0.3, 0.4) is 0 Å². The van der Waals surface area contributed by atoms with E-state index in [1.54, 1.807) is 24.3 Å². The molecule has 168 valence electrons. The third-order valence-electron chi connectivity index (χ3n) is 5.30. The summed E-state index contributed by atoms with van der Waals surface area (Å²) in [6.07, 6.45) is 2.14. The molecule has 0 atom stereocenters. The molecule has 0 saturated heterocycles. The number of rotatable bonds is 7. The van der Waals surface area contributed by atoms with Crippen LogP contribution in [0.25, 0.3) is 22.3 Å². The Morgan fingerprint density at radius 2 is 1.67 bits per heavy atom. The van der Waals surface area contributed by atoms with Crippen LogP contribution in [0.4, 0.5) is 16.2 Å². The van der Waals surface area contributed by atoms with Crippen molar-refractivity contribution in [2.45, 2.75) is 30.3 Å². The summed E-state index contributed by atoms with van der Waals surface area (Å²) in [4.78, 5) is 14.0. The van der Waals surface area contributed by atoms with Gasteiger partial charge in [-0.1, -0.05) is 12.1 Å². The minimum absolute atomic E-state index is 0.0622. The molecular weight excluding hydrogens is 443 g/mol. The van der Waals surface area contributed by atoms with E-state index in [0.29, 0.717) is 41.1 Å². The maximum Gasteiger partial charge on any atom is 0.238 e. The largest absolute Gasteiger partial charge is 0.365 e. The third kappa shape index (κ3) is 4.91. The predicted molar refractivity (Wildman–Crippen MR) is 125 cm³/mol. The Labute approximate surface area is 190 Å². The molecule has 0 radical (unpaired) electrons. The molecule has 0 spiro atoms. The van der Waals surface area contributed by atoms with Gasteiger partial charge in [-0.25, -0.2) is 27.9 Å². The SMILES string of the molecule is NS(=O)(=O)c1ccc(CNc2nc(NC3CC3)c3nc(-c4ccc(F)cc4)ccc3n2)cc1. The zero-order chi connectivity index (χ0) is 23.0. The van der Waals surface area contributed by atoms with Gasteiger partial charge in [0.05, 0.1) is 16.1 Å². The number of hydrogen-bond acceptors (Lipinski definition) is 7. The maximum atomic E-state index is 13.3. The molecule has 33 heavy (non-hydrogen) atoms. The van der Waals surface area contributed by atoms with Gasteiger partial charge in [0.15, 0.2) is 5.82 Å². The van der Waals surface area contributed by atoms with Crippen molar-refractivity contribution in [3.8, 4) is 11.3 Å². The smallest absolute Gasteiger partial charge is 0.238 e. The number of primary sulfonamides is 1. The Hall–Kier alpha value is -3.63. The molecule has 8 nitrogen and oxygen atoms in total. The molecule has 0 unspecified atom stereocenters. The van der Waals surface area contributed by atoms with Crippen molar-refractivity contribution in [2.24, 2.45) is 5.14 Å². The van der Waals surface area contributed by atoms with Crippen molar-refractivity contribution in [3.05, 3.63) is 72.0 Å². The molecule has 1 fully saturated rings. The van der Waals surface area contributed by atoms with E-state index in [-0.39, 0.29) is 10.7 Å². The van der Waals surface area contributed by atoms with Gasteiger partial charge in [0.2, 0.25) is 16.0 Å². The minimum Gasteiger partial charge on any atom is -0.365 e. The summed E-state index contributed by atoms with van der Waals surface area (Å²) in [5.74, 6) is 0.769. The molecule has 1 aliphatic rings. The molecule has 10 heteroatoms. The topological polar surface area (TPSA) is 123 Å². The van der Waals surface area contributed by atoms with Crippen LogP contribution >= 0.6 is 0 Å².